The van der Waals surface area contributed by atoms with Crippen molar-refractivity contribution in [3.05, 3.63) is 47.2 Å². The highest BCUT2D eigenvalue weighted by atomic mass is 35.5. The molecule has 0 saturated carbocycles. The summed E-state index contributed by atoms with van der Waals surface area (Å²) in [5.41, 5.74) is 3.17. The fraction of sp³-hybridized carbons (Fsp3) is 0.176. The van der Waals surface area contributed by atoms with Crippen LogP contribution in [0.5, 0.6) is 0 Å². The molecular weight excluding hydrogens is 326 g/mol. The lowest BCUT2D eigenvalue weighted by Crippen LogP contribution is -2.17. The molecule has 120 valence electrons. The molecule has 0 atom stereocenters. The fourth-order valence-corrected chi connectivity index (χ4v) is 2.61. The summed E-state index contributed by atoms with van der Waals surface area (Å²) in [4.78, 5) is 16.3. The van der Waals surface area contributed by atoms with Gasteiger partial charge in [0.15, 0.2) is 11.6 Å². The number of nitriles is 1. The lowest BCUT2D eigenvalue weighted by atomic mass is 10.1. The van der Waals surface area contributed by atoms with Crippen LogP contribution < -0.4 is 5.32 Å². The number of nitrogens with one attached hydrogen (secondary N) is 1. The number of carbonyl (C=O) groups excluding carboxylic acids is 1. The number of benzene rings is 1. The number of rotatable bonds is 3. The second-order valence-electron chi connectivity index (χ2n) is 5.38. The highest BCUT2D eigenvalue weighted by Crippen LogP contribution is 2.25. The molecule has 0 saturated heterocycles. The number of pyridine rings is 1. The third-order valence-electron chi connectivity index (χ3n) is 3.72. The summed E-state index contributed by atoms with van der Waals surface area (Å²) in [6.45, 7) is 3.97. The number of aryl methyl sites for hydroxylation is 2. The third kappa shape index (κ3) is 2.70. The monoisotopic (exact) mass is 339 g/mol. The zero-order valence-corrected chi connectivity index (χ0v) is 13.9. The SMILES string of the molecule is Cc1cc(-n2ncc(C#N)c2NC(=O)CCl)nc2c(C)cccc12. The molecule has 1 aromatic carbocycles. The highest BCUT2D eigenvalue weighted by molar-refractivity contribution is 6.29. The molecule has 2 aromatic heterocycles. The first-order valence-corrected chi connectivity index (χ1v) is 7.80. The molecule has 3 aromatic rings. The van der Waals surface area contributed by atoms with E-state index in [0.29, 0.717) is 5.82 Å². The third-order valence-corrected chi connectivity index (χ3v) is 3.96. The van der Waals surface area contributed by atoms with Crippen molar-refractivity contribution in [3.8, 4) is 11.9 Å². The molecule has 1 N–H and O–H groups in total. The first-order chi connectivity index (χ1) is 11.5. The van der Waals surface area contributed by atoms with Gasteiger partial charge in [0.25, 0.3) is 0 Å². The quantitative estimate of drug-likeness (QED) is 0.743. The molecule has 0 fully saturated rings. The maximum absolute atomic E-state index is 11.7. The molecule has 2 heterocycles. The molecule has 0 aliphatic heterocycles. The van der Waals surface area contributed by atoms with E-state index < -0.39 is 5.91 Å². The fourth-order valence-electron chi connectivity index (χ4n) is 2.54. The molecule has 0 radical (unpaired) electrons. The number of carbonyl (C=O) groups is 1. The Hall–Kier alpha value is -2.91. The summed E-state index contributed by atoms with van der Waals surface area (Å²) in [5.74, 6) is 0.173. The van der Waals surface area contributed by atoms with Gasteiger partial charge in [0.05, 0.1) is 11.7 Å². The van der Waals surface area contributed by atoms with Gasteiger partial charge in [-0.1, -0.05) is 18.2 Å². The van der Waals surface area contributed by atoms with Gasteiger partial charge in [0.1, 0.15) is 17.5 Å². The van der Waals surface area contributed by atoms with Gasteiger partial charge in [-0.05, 0) is 31.0 Å². The van der Waals surface area contributed by atoms with Crippen LogP contribution in [0.1, 0.15) is 16.7 Å². The molecule has 0 aliphatic rings. The standard InChI is InChI=1S/C17H14ClN5O/c1-10-4-3-5-13-11(2)6-14(21-16(10)13)23-17(22-15(24)7-18)12(8-19)9-20-23/h3-6,9H,7H2,1-2H3,(H,22,24). The number of aromatic nitrogens is 3. The molecule has 0 unspecified atom stereocenters. The molecule has 24 heavy (non-hydrogen) atoms. The summed E-state index contributed by atoms with van der Waals surface area (Å²) < 4.78 is 1.45. The van der Waals surface area contributed by atoms with Crippen molar-refractivity contribution in [3.63, 3.8) is 0 Å². The van der Waals surface area contributed by atoms with Crippen molar-refractivity contribution < 1.29 is 4.79 Å². The number of alkyl halides is 1. The Kier molecular flexibility index (Phi) is 4.19. The lowest BCUT2D eigenvalue weighted by Gasteiger charge is -2.11. The van der Waals surface area contributed by atoms with Crippen LogP contribution in [0.2, 0.25) is 0 Å². The van der Waals surface area contributed by atoms with Gasteiger partial charge >= 0.3 is 0 Å². The number of hydrogen-bond acceptors (Lipinski definition) is 4. The second kappa shape index (κ2) is 6.30. The van der Waals surface area contributed by atoms with E-state index in [1.165, 1.54) is 10.9 Å². The van der Waals surface area contributed by atoms with E-state index in [1.54, 1.807) is 0 Å². The second-order valence-corrected chi connectivity index (χ2v) is 5.65. The zero-order valence-electron chi connectivity index (χ0n) is 13.2. The topological polar surface area (TPSA) is 83.6 Å². The minimum atomic E-state index is -0.413. The van der Waals surface area contributed by atoms with Gasteiger partial charge < -0.3 is 5.32 Å². The molecule has 7 heteroatoms. The molecule has 3 rings (SSSR count). The van der Waals surface area contributed by atoms with Gasteiger partial charge in [0.2, 0.25) is 5.91 Å². The Labute approximate surface area is 143 Å². The Morgan fingerprint density at radius 2 is 2.17 bits per heavy atom. The van der Waals surface area contributed by atoms with Crippen LogP contribution in [0.15, 0.2) is 30.5 Å². The predicted molar refractivity (Wildman–Crippen MR) is 92.4 cm³/mol. The van der Waals surface area contributed by atoms with Crippen molar-refractivity contribution in [1.82, 2.24) is 14.8 Å². The van der Waals surface area contributed by atoms with Crippen molar-refractivity contribution in [2.45, 2.75) is 13.8 Å². The van der Waals surface area contributed by atoms with Gasteiger partial charge in [-0.2, -0.15) is 15.0 Å². The summed E-state index contributed by atoms with van der Waals surface area (Å²) in [6, 6.07) is 9.86. The zero-order chi connectivity index (χ0) is 17.3. The van der Waals surface area contributed by atoms with Gasteiger partial charge in [-0.25, -0.2) is 4.98 Å². The molecule has 0 bridgehead atoms. The van der Waals surface area contributed by atoms with Gasteiger partial charge in [-0.15, -0.1) is 11.6 Å². The number of para-hydroxylation sites is 1. The van der Waals surface area contributed by atoms with Crippen molar-refractivity contribution in [2.75, 3.05) is 11.2 Å². The Bertz CT molecular complexity index is 987. The maximum atomic E-state index is 11.7. The van der Waals surface area contributed by atoms with Crippen LogP contribution in [0, 0.1) is 25.2 Å². The van der Waals surface area contributed by atoms with E-state index in [2.05, 4.69) is 15.4 Å². The number of nitrogens with zero attached hydrogens (tertiary/aromatic N) is 4. The van der Waals surface area contributed by atoms with E-state index in [1.807, 2.05) is 44.2 Å². The first-order valence-electron chi connectivity index (χ1n) is 7.26. The minimum absolute atomic E-state index is 0.209. The first kappa shape index (κ1) is 16.0. The Balaban J connectivity index is 2.21. The maximum Gasteiger partial charge on any atom is 0.240 e. The van der Waals surface area contributed by atoms with Gasteiger partial charge in [-0.3, -0.25) is 4.79 Å². The number of anilines is 1. The van der Waals surface area contributed by atoms with Gasteiger partial charge in [0, 0.05) is 5.39 Å². The Morgan fingerprint density at radius 3 is 2.88 bits per heavy atom. The van der Waals surface area contributed by atoms with Crippen LogP contribution in [-0.2, 0) is 4.79 Å². The summed E-state index contributed by atoms with van der Waals surface area (Å²) in [5, 5.41) is 17.1. The summed E-state index contributed by atoms with van der Waals surface area (Å²) >= 11 is 5.55. The molecule has 0 spiro atoms. The van der Waals surface area contributed by atoms with Crippen molar-refractivity contribution in [2.24, 2.45) is 0 Å². The number of halogens is 1. The normalized spacial score (nSPS) is 10.6. The predicted octanol–water partition coefficient (Wildman–Crippen LogP) is 3.09. The number of fused-ring (bicyclic) bond motifs is 1. The molecular formula is C17H14ClN5O. The van der Waals surface area contributed by atoms with Crippen LogP contribution in [0.25, 0.3) is 16.7 Å². The van der Waals surface area contributed by atoms with Crippen LogP contribution in [-0.4, -0.2) is 26.6 Å². The average molecular weight is 340 g/mol. The van der Waals surface area contributed by atoms with E-state index in [0.717, 1.165) is 22.0 Å². The van der Waals surface area contributed by atoms with E-state index in [9.17, 15) is 10.1 Å². The van der Waals surface area contributed by atoms with Crippen molar-refractivity contribution in [1.29, 1.82) is 5.26 Å². The van der Waals surface area contributed by atoms with E-state index >= 15 is 0 Å². The molecule has 1 amide bonds. The lowest BCUT2D eigenvalue weighted by molar-refractivity contribution is -0.114. The Morgan fingerprint density at radius 1 is 1.38 bits per heavy atom. The number of amides is 1. The van der Waals surface area contributed by atoms with Crippen LogP contribution in [0.3, 0.4) is 0 Å². The summed E-state index contributed by atoms with van der Waals surface area (Å²) in [7, 11) is 0. The number of hydrogen-bond donors (Lipinski definition) is 1. The van der Waals surface area contributed by atoms with Crippen molar-refractivity contribution >= 4 is 34.2 Å². The van der Waals surface area contributed by atoms with E-state index in [-0.39, 0.29) is 17.3 Å². The highest BCUT2D eigenvalue weighted by Gasteiger charge is 2.16. The minimum Gasteiger partial charge on any atom is -0.308 e. The van der Waals surface area contributed by atoms with E-state index in [4.69, 9.17) is 11.6 Å². The smallest absolute Gasteiger partial charge is 0.240 e. The summed E-state index contributed by atoms with van der Waals surface area (Å²) in [6.07, 6.45) is 1.39. The molecule has 0 aliphatic carbocycles. The van der Waals surface area contributed by atoms with Crippen LogP contribution >= 0.6 is 11.6 Å². The largest absolute Gasteiger partial charge is 0.308 e. The van der Waals surface area contributed by atoms with Crippen LogP contribution in [0.4, 0.5) is 5.82 Å². The average Bonchev–Trinajstić information content (AvgIpc) is 2.98. The molecule has 6 nitrogen and oxygen atoms in total.